The number of ether oxygens (including phenoxy) is 1. The number of guanidine groups is 1. The molecule has 0 aliphatic heterocycles. The van der Waals surface area contributed by atoms with Crippen LogP contribution >= 0.6 is 0 Å². The van der Waals surface area contributed by atoms with Gasteiger partial charge in [-0.05, 0) is 26.2 Å². The zero-order valence-electron chi connectivity index (χ0n) is 11.6. The van der Waals surface area contributed by atoms with Crippen LogP contribution in [0.2, 0.25) is 0 Å². The molecular weight excluding hydrogens is 226 g/mol. The lowest BCUT2D eigenvalue weighted by Crippen LogP contribution is -2.33. The first-order valence-corrected chi connectivity index (χ1v) is 6.98. The molecule has 3 N–H and O–H groups in total. The van der Waals surface area contributed by atoms with Crippen LogP contribution in [0.5, 0.6) is 0 Å². The SMILES string of the molecule is C=C(C)CN=C(N)NCCCOC1CCCCC1. The van der Waals surface area contributed by atoms with Gasteiger partial charge in [0.2, 0.25) is 0 Å². The Bertz CT molecular complexity index is 270. The Morgan fingerprint density at radius 2 is 2.11 bits per heavy atom. The molecule has 0 saturated heterocycles. The third kappa shape index (κ3) is 7.33. The van der Waals surface area contributed by atoms with Crippen LogP contribution in [0, 0.1) is 0 Å². The topological polar surface area (TPSA) is 59.6 Å². The Labute approximate surface area is 111 Å². The van der Waals surface area contributed by atoms with Gasteiger partial charge in [0.15, 0.2) is 5.96 Å². The summed E-state index contributed by atoms with van der Waals surface area (Å²) in [5.74, 6) is 0.496. The summed E-state index contributed by atoms with van der Waals surface area (Å²) in [6, 6.07) is 0. The van der Waals surface area contributed by atoms with E-state index in [1.165, 1.54) is 32.1 Å². The fourth-order valence-corrected chi connectivity index (χ4v) is 2.05. The van der Waals surface area contributed by atoms with Gasteiger partial charge in [0.1, 0.15) is 0 Å². The highest BCUT2D eigenvalue weighted by molar-refractivity contribution is 5.77. The maximum absolute atomic E-state index is 5.83. The number of nitrogens with two attached hydrogens (primary N) is 1. The summed E-state index contributed by atoms with van der Waals surface area (Å²) in [5, 5.41) is 3.08. The molecule has 1 saturated carbocycles. The van der Waals surface area contributed by atoms with Crippen LogP contribution in [-0.4, -0.2) is 31.8 Å². The van der Waals surface area contributed by atoms with E-state index in [4.69, 9.17) is 10.5 Å². The average molecular weight is 253 g/mol. The molecule has 1 aliphatic rings. The highest BCUT2D eigenvalue weighted by Gasteiger charge is 2.12. The van der Waals surface area contributed by atoms with Crippen LogP contribution in [0.25, 0.3) is 0 Å². The number of aliphatic imine (C=N–C) groups is 1. The largest absolute Gasteiger partial charge is 0.378 e. The fourth-order valence-electron chi connectivity index (χ4n) is 2.05. The van der Waals surface area contributed by atoms with Gasteiger partial charge in [-0.15, -0.1) is 0 Å². The van der Waals surface area contributed by atoms with E-state index in [1.54, 1.807) is 0 Å². The Balaban J connectivity index is 1.97. The average Bonchev–Trinajstić information content (AvgIpc) is 2.37. The van der Waals surface area contributed by atoms with Crippen molar-refractivity contribution >= 4 is 5.96 Å². The minimum atomic E-state index is 0.494. The minimum absolute atomic E-state index is 0.494. The number of rotatable bonds is 7. The smallest absolute Gasteiger partial charge is 0.188 e. The summed E-state index contributed by atoms with van der Waals surface area (Å²) in [7, 11) is 0. The highest BCUT2D eigenvalue weighted by atomic mass is 16.5. The fraction of sp³-hybridized carbons (Fsp3) is 0.786. The van der Waals surface area contributed by atoms with E-state index < -0.39 is 0 Å². The summed E-state index contributed by atoms with van der Waals surface area (Å²) in [4.78, 5) is 4.15. The van der Waals surface area contributed by atoms with E-state index in [-0.39, 0.29) is 0 Å². The summed E-state index contributed by atoms with van der Waals surface area (Å²) < 4.78 is 5.83. The molecule has 18 heavy (non-hydrogen) atoms. The monoisotopic (exact) mass is 253 g/mol. The van der Waals surface area contributed by atoms with Crippen LogP contribution in [0.3, 0.4) is 0 Å². The van der Waals surface area contributed by atoms with Crippen molar-refractivity contribution in [2.24, 2.45) is 10.7 Å². The quantitative estimate of drug-likeness (QED) is 0.316. The summed E-state index contributed by atoms with van der Waals surface area (Å²) in [6.45, 7) is 7.94. The van der Waals surface area contributed by atoms with Crippen LogP contribution in [0.4, 0.5) is 0 Å². The van der Waals surface area contributed by atoms with E-state index >= 15 is 0 Å². The van der Waals surface area contributed by atoms with Crippen molar-refractivity contribution in [2.45, 2.75) is 51.6 Å². The molecular formula is C14H27N3O. The first-order chi connectivity index (χ1) is 8.68. The van der Waals surface area contributed by atoms with Crippen LogP contribution < -0.4 is 11.1 Å². The van der Waals surface area contributed by atoms with Crippen LogP contribution in [0.15, 0.2) is 17.1 Å². The van der Waals surface area contributed by atoms with E-state index in [2.05, 4.69) is 16.9 Å². The molecule has 0 aromatic rings. The van der Waals surface area contributed by atoms with Gasteiger partial charge in [-0.3, -0.25) is 0 Å². The van der Waals surface area contributed by atoms with E-state index in [1.807, 2.05) is 6.92 Å². The Hall–Kier alpha value is -1.03. The molecule has 1 aliphatic carbocycles. The number of nitrogens with zero attached hydrogens (tertiary/aromatic N) is 1. The van der Waals surface area contributed by atoms with Crippen molar-refractivity contribution in [1.29, 1.82) is 0 Å². The van der Waals surface area contributed by atoms with Crippen molar-refractivity contribution < 1.29 is 4.74 Å². The molecule has 1 fully saturated rings. The van der Waals surface area contributed by atoms with Gasteiger partial charge in [0.25, 0.3) is 0 Å². The maximum Gasteiger partial charge on any atom is 0.188 e. The van der Waals surface area contributed by atoms with Crippen molar-refractivity contribution in [3.05, 3.63) is 12.2 Å². The molecule has 0 radical (unpaired) electrons. The molecule has 0 aromatic heterocycles. The summed E-state index contributed by atoms with van der Waals surface area (Å²) in [6.07, 6.45) is 7.95. The van der Waals surface area contributed by atoms with E-state index in [0.717, 1.165) is 25.1 Å². The molecule has 0 heterocycles. The summed E-state index contributed by atoms with van der Waals surface area (Å²) >= 11 is 0. The lowest BCUT2D eigenvalue weighted by molar-refractivity contribution is 0.0277. The first-order valence-electron chi connectivity index (χ1n) is 6.98. The van der Waals surface area contributed by atoms with Crippen molar-refractivity contribution in [1.82, 2.24) is 5.32 Å². The van der Waals surface area contributed by atoms with Gasteiger partial charge in [-0.1, -0.05) is 31.4 Å². The standard InChI is InChI=1S/C14H27N3O/c1-12(2)11-17-14(15)16-9-6-10-18-13-7-4-3-5-8-13/h13H,1,3-11H2,2H3,(H3,15,16,17). The van der Waals surface area contributed by atoms with Gasteiger partial charge < -0.3 is 15.8 Å². The summed E-state index contributed by atoms with van der Waals surface area (Å²) in [5.41, 5.74) is 6.72. The molecule has 4 heteroatoms. The predicted molar refractivity (Wildman–Crippen MR) is 76.7 cm³/mol. The van der Waals surface area contributed by atoms with E-state index in [0.29, 0.717) is 18.6 Å². The number of hydrogen-bond donors (Lipinski definition) is 2. The van der Waals surface area contributed by atoms with Crippen molar-refractivity contribution in [2.75, 3.05) is 19.7 Å². The molecule has 104 valence electrons. The second-order valence-corrected chi connectivity index (χ2v) is 5.07. The predicted octanol–water partition coefficient (Wildman–Crippen LogP) is 2.21. The van der Waals surface area contributed by atoms with Crippen molar-refractivity contribution in [3.8, 4) is 0 Å². The molecule has 0 bridgehead atoms. The molecule has 1 rings (SSSR count). The van der Waals surface area contributed by atoms with Crippen molar-refractivity contribution in [3.63, 3.8) is 0 Å². The lowest BCUT2D eigenvalue weighted by atomic mass is 9.98. The van der Waals surface area contributed by atoms with Gasteiger partial charge in [-0.2, -0.15) is 0 Å². The molecule has 0 aromatic carbocycles. The Morgan fingerprint density at radius 3 is 2.78 bits per heavy atom. The van der Waals surface area contributed by atoms with Gasteiger partial charge in [0.05, 0.1) is 12.6 Å². The second-order valence-electron chi connectivity index (χ2n) is 5.07. The third-order valence-electron chi connectivity index (χ3n) is 3.05. The Kier molecular flexibility index (Phi) is 7.49. The van der Waals surface area contributed by atoms with Gasteiger partial charge in [-0.25, -0.2) is 4.99 Å². The first kappa shape index (κ1) is 15.0. The van der Waals surface area contributed by atoms with Gasteiger partial charge >= 0.3 is 0 Å². The molecule has 4 nitrogen and oxygen atoms in total. The lowest BCUT2D eigenvalue weighted by Gasteiger charge is -2.21. The van der Waals surface area contributed by atoms with Gasteiger partial charge in [0, 0.05) is 13.2 Å². The molecule has 0 amide bonds. The molecule has 0 atom stereocenters. The highest BCUT2D eigenvalue weighted by Crippen LogP contribution is 2.20. The van der Waals surface area contributed by atoms with E-state index in [9.17, 15) is 0 Å². The molecule has 0 spiro atoms. The van der Waals surface area contributed by atoms with Crippen LogP contribution in [0.1, 0.15) is 45.4 Å². The minimum Gasteiger partial charge on any atom is -0.378 e. The number of hydrogen-bond acceptors (Lipinski definition) is 2. The molecule has 0 unspecified atom stereocenters. The number of nitrogens with one attached hydrogen (secondary N) is 1. The zero-order valence-corrected chi connectivity index (χ0v) is 11.6. The third-order valence-corrected chi connectivity index (χ3v) is 3.05. The second kappa shape index (κ2) is 8.97. The maximum atomic E-state index is 5.83. The Morgan fingerprint density at radius 1 is 1.39 bits per heavy atom. The normalized spacial score (nSPS) is 17.7. The van der Waals surface area contributed by atoms with Crippen LogP contribution in [-0.2, 0) is 4.74 Å². The zero-order chi connectivity index (χ0) is 13.2.